The van der Waals surface area contributed by atoms with Crippen molar-refractivity contribution in [1.29, 1.82) is 5.41 Å². The van der Waals surface area contributed by atoms with Crippen molar-refractivity contribution in [3.8, 4) is 0 Å². The highest BCUT2D eigenvalue weighted by Crippen LogP contribution is 2.26. The van der Waals surface area contributed by atoms with Gasteiger partial charge in [0.2, 0.25) is 5.91 Å². The van der Waals surface area contributed by atoms with Crippen LogP contribution in [-0.2, 0) is 33.9 Å². The van der Waals surface area contributed by atoms with Crippen molar-refractivity contribution in [2.75, 3.05) is 17.2 Å². The van der Waals surface area contributed by atoms with Crippen LogP contribution in [0.25, 0.3) is 0 Å². The van der Waals surface area contributed by atoms with E-state index in [0.717, 1.165) is 16.7 Å². The lowest BCUT2D eigenvalue weighted by Gasteiger charge is -2.24. The third kappa shape index (κ3) is 8.35. The number of hydrogen-bond donors (Lipinski definition) is 5. The van der Waals surface area contributed by atoms with Gasteiger partial charge in [-0.05, 0) is 59.5 Å². The summed E-state index contributed by atoms with van der Waals surface area (Å²) in [6.45, 7) is 0.764. The summed E-state index contributed by atoms with van der Waals surface area (Å²) in [5.41, 5.74) is 4.36. The third-order valence-electron chi connectivity index (χ3n) is 7.44. The van der Waals surface area contributed by atoms with E-state index in [-0.39, 0.29) is 24.9 Å². The summed E-state index contributed by atoms with van der Waals surface area (Å²) in [6, 6.07) is 29.3. The second-order valence-electron chi connectivity index (χ2n) is 10.8. The quantitative estimate of drug-likeness (QED) is 0.123. The highest BCUT2D eigenvalue weighted by Gasteiger charge is 2.31. The zero-order chi connectivity index (χ0) is 32.5. The molecule has 5 rings (SSSR count). The first-order valence-corrected chi connectivity index (χ1v) is 14.7. The number of rotatable bonds is 10. The van der Waals surface area contributed by atoms with Crippen molar-refractivity contribution in [3.05, 3.63) is 131 Å². The SMILES string of the molecule is N=C(NC(=O)OCc1ccccc1)c1ccc(NC(=O)c2ccc3c(c2)NC(CC(=O)O)C(=O)N(CCc2ccccc2)C3)cc1. The largest absolute Gasteiger partial charge is 0.481 e. The van der Waals surface area contributed by atoms with Crippen molar-refractivity contribution in [3.63, 3.8) is 0 Å². The van der Waals surface area contributed by atoms with Gasteiger partial charge in [0, 0.05) is 35.6 Å². The molecule has 1 heterocycles. The Hall–Kier alpha value is -5.97. The van der Waals surface area contributed by atoms with Gasteiger partial charge in [0.25, 0.3) is 5.91 Å². The molecular weight excluding hydrogens is 586 g/mol. The van der Waals surface area contributed by atoms with E-state index < -0.39 is 30.4 Å². The number of aliphatic carboxylic acids is 1. The molecule has 11 nitrogen and oxygen atoms in total. The Morgan fingerprint density at radius 3 is 2.22 bits per heavy atom. The third-order valence-corrected chi connectivity index (χ3v) is 7.44. The van der Waals surface area contributed by atoms with E-state index in [9.17, 15) is 24.3 Å². The monoisotopic (exact) mass is 619 g/mol. The van der Waals surface area contributed by atoms with Gasteiger partial charge >= 0.3 is 12.1 Å². The van der Waals surface area contributed by atoms with Gasteiger partial charge in [0.05, 0.1) is 6.42 Å². The summed E-state index contributed by atoms with van der Waals surface area (Å²) in [5, 5.41) is 25.9. The van der Waals surface area contributed by atoms with Crippen LogP contribution in [0.3, 0.4) is 0 Å². The van der Waals surface area contributed by atoms with Gasteiger partial charge in [-0.3, -0.25) is 25.1 Å². The van der Waals surface area contributed by atoms with Gasteiger partial charge in [0.1, 0.15) is 18.5 Å². The standard InChI is InChI=1S/C35H33N5O6/c36-32(39-35(45)46-22-24-9-5-2-6-10-24)25-13-15-28(16-14-25)37-33(43)26-11-12-27-21-40(18-17-23-7-3-1-4-8-23)34(44)30(20-31(41)42)38-29(27)19-26/h1-16,19,30,38H,17-18,20-22H2,(H,37,43)(H,41,42)(H2,36,39,45). The summed E-state index contributed by atoms with van der Waals surface area (Å²) in [5.74, 6) is -2.00. The number of carbonyl (C=O) groups is 4. The normalized spacial score (nSPS) is 13.9. The molecule has 4 aromatic rings. The maximum absolute atomic E-state index is 13.3. The highest BCUT2D eigenvalue weighted by atomic mass is 16.5. The number of carboxylic acid groups (broad SMARTS) is 1. The highest BCUT2D eigenvalue weighted by molar-refractivity contribution is 6.07. The predicted octanol–water partition coefficient (Wildman–Crippen LogP) is 5.03. The molecule has 3 amide bonds. The van der Waals surface area contributed by atoms with E-state index in [0.29, 0.717) is 35.5 Å². The van der Waals surface area contributed by atoms with E-state index in [1.807, 2.05) is 60.7 Å². The predicted molar refractivity (Wildman–Crippen MR) is 173 cm³/mol. The molecule has 5 N–H and O–H groups in total. The topological polar surface area (TPSA) is 161 Å². The van der Waals surface area contributed by atoms with Gasteiger partial charge in [-0.2, -0.15) is 0 Å². The number of amides is 3. The van der Waals surface area contributed by atoms with Crippen LogP contribution >= 0.6 is 0 Å². The molecule has 1 aliphatic rings. The maximum atomic E-state index is 13.3. The number of alkyl carbamates (subject to hydrolysis) is 1. The van der Waals surface area contributed by atoms with E-state index in [1.165, 1.54) is 0 Å². The number of nitrogens with one attached hydrogen (secondary N) is 4. The fraction of sp³-hybridized carbons (Fsp3) is 0.171. The summed E-state index contributed by atoms with van der Waals surface area (Å²) >= 11 is 0. The van der Waals surface area contributed by atoms with Crippen molar-refractivity contribution < 1.29 is 29.0 Å². The van der Waals surface area contributed by atoms with Crippen LogP contribution in [0.2, 0.25) is 0 Å². The van der Waals surface area contributed by atoms with E-state index in [2.05, 4.69) is 16.0 Å². The zero-order valence-corrected chi connectivity index (χ0v) is 24.9. The van der Waals surface area contributed by atoms with Crippen LogP contribution in [0.4, 0.5) is 16.2 Å². The van der Waals surface area contributed by atoms with Crippen molar-refractivity contribution in [2.24, 2.45) is 0 Å². The van der Waals surface area contributed by atoms with E-state index >= 15 is 0 Å². The molecule has 1 unspecified atom stereocenters. The molecule has 1 aliphatic heterocycles. The number of carboxylic acids is 1. The van der Waals surface area contributed by atoms with Gasteiger partial charge < -0.3 is 25.4 Å². The molecule has 0 fully saturated rings. The lowest BCUT2D eigenvalue weighted by atomic mass is 10.1. The fourth-order valence-corrected chi connectivity index (χ4v) is 5.01. The van der Waals surface area contributed by atoms with Gasteiger partial charge in [-0.25, -0.2) is 4.79 Å². The van der Waals surface area contributed by atoms with Crippen LogP contribution in [0.15, 0.2) is 103 Å². The number of amidine groups is 1. The average Bonchev–Trinajstić information content (AvgIpc) is 3.19. The minimum atomic E-state index is -1.11. The summed E-state index contributed by atoms with van der Waals surface area (Å²) in [7, 11) is 0. The number of carbonyl (C=O) groups excluding carboxylic acids is 3. The van der Waals surface area contributed by atoms with Crippen LogP contribution in [0.5, 0.6) is 0 Å². The van der Waals surface area contributed by atoms with Crippen molar-refractivity contribution >= 4 is 41.1 Å². The zero-order valence-electron chi connectivity index (χ0n) is 24.9. The lowest BCUT2D eigenvalue weighted by Crippen LogP contribution is -2.42. The minimum absolute atomic E-state index is 0.0756. The second-order valence-corrected chi connectivity index (χ2v) is 10.8. The first-order valence-electron chi connectivity index (χ1n) is 14.7. The molecular formula is C35H33N5O6. The molecule has 0 saturated heterocycles. The van der Waals surface area contributed by atoms with Crippen molar-refractivity contribution in [2.45, 2.75) is 32.0 Å². The Kier molecular flexibility index (Phi) is 10.0. The van der Waals surface area contributed by atoms with E-state index in [4.69, 9.17) is 10.1 Å². The summed E-state index contributed by atoms with van der Waals surface area (Å²) in [6.07, 6.45) is -0.540. The molecule has 234 valence electrons. The van der Waals surface area contributed by atoms with Crippen LogP contribution < -0.4 is 16.0 Å². The number of benzene rings is 4. The first-order chi connectivity index (χ1) is 22.2. The maximum Gasteiger partial charge on any atom is 0.413 e. The number of nitrogens with zero attached hydrogens (tertiary/aromatic N) is 1. The van der Waals surface area contributed by atoms with Crippen LogP contribution in [0, 0.1) is 5.41 Å². The Labute approximate surface area is 265 Å². The van der Waals surface area contributed by atoms with Gasteiger partial charge in [-0.15, -0.1) is 0 Å². The molecule has 46 heavy (non-hydrogen) atoms. The molecule has 0 saturated carbocycles. The number of ether oxygens (including phenoxy) is 1. The van der Waals surface area contributed by atoms with Gasteiger partial charge in [-0.1, -0.05) is 66.7 Å². The number of fused-ring (bicyclic) bond motifs is 1. The molecule has 0 radical (unpaired) electrons. The van der Waals surface area contributed by atoms with Crippen LogP contribution in [0.1, 0.15) is 39.0 Å². The number of hydrogen-bond acceptors (Lipinski definition) is 7. The molecule has 11 heteroatoms. The molecule has 0 bridgehead atoms. The Bertz CT molecular complexity index is 1730. The lowest BCUT2D eigenvalue weighted by molar-refractivity contribution is -0.141. The number of anilines is 2. The Morgan fingerprint density at radius 2 is 1.54 bits per heavy atom. The molecule has 1 atom stereocenters. The average molecular weight is 620 g/mol. The second kappa shape index (κ2) is 14.7. The Balaban J connectivity index is 1.21. The molecule has 4 aromatic carbocycles. The molecule has 0 aromatic heterocycles. The summed E-state index contributed by atoms with van der Waals surface area (Å²) in [4.78, 5) is 51.8. The summed E-state index contributed by atoms with van der Waals surface area (Å²) < 4.78 is 5.16. The van der Waals surface area contributed by atoms with Crippen molar-refractivity contribution in [1.82, 2.24) is 10.2 Å². The van der Waals surface area contributed by atoms with Gasteiger partial charge in [0.15, 0.2) is 0 Å². The van der Waals surface area contributed by atoms with E-state index in [1.54, 1.807) is 47.4 Å². The van der Waals surface area contributed by atoms with Crippen LogP contribution in [-0.4, -0.2) is 52.3 Å². The smallest absolute Gasteiger partial charge is 0.413 e. The molecule has 0 aliphatic carbocycles. The minimum Gasteiger partial charge on any atom is -0.481 e. The first kappa shape index (κ1) is 31.5. The Morgan fingerprint density at radius 1 is 0.891 bits per heavy atom. The molecule has 0 spiro atoms. The fourth-order valence-electron chi connectivity index (χ4n) is 5.01.